The smallest absolute Gasteiger partial charge is 0.257 e. The largest absolute Gasteiger partial charge is 0.353 e. The maximum Gasteiger partial charge on any atom is 0.257 e. The van der Waals surface area contributed by atoms with E-state index >= 15 is 0 Å². The van der Waals surface area contributed by atoms with Gasteiger partial charge < -0.3 is 10.6 Å². The molecule has 0 spiro atoms. The molecule has 0 radical (unpaired) electrons. The standard InChI is InChI=1S/C20H17ClFN3O/c1-12-7-13(2)19(18(21)8-12)24-17-9-14(10-23-11-17)20(26)25-16-5-3-15(22)4-6-16/h3-11,24H,1-2H3,(H,25,26). The van der Waals surface area contributed by atoms with Crippen LogP contribution in [0.15, 0.2) is 54.9 Å². The van der Waals surface area contributed by atoms with Crippen molar-refractivity contribution in [3.63, 3.8) is 0 Å². The number of hydrogen-bond donors (Lipinski definition) is 2. The summed E-state index contributed by atoms with van der Waals surface area (Å²) in [4.78, 5) is 16.5. The van der Waals surface area contributed by atoms with Crippen LogP contribution in [-0.4, -0.2) is 10.9 Å². The minimum Gasteiger partial charge on any atom is -0.353 e. The highest BCUT2D eigenvalue weighted by molar-refractivity contribution is 6.33. The first-order valence-electron chi connectivity index (χ1n) is 7.98. The molecule has 4 nitrogen and oxygen atoms in total. The van der Waals surface area contributed by atoms with Crippen LogP contribution in [0.25, 0.3) is 0 Å². The Hall–Kier alpha value is -2.92. The van der Waals surface area contributed by atoms with E-state index in [4.69, 9.17) is 11.6 Å². The first-order valence-corrected chi connectivity index (χ1v) is 8.36. The molecule has 1 amide bonds. The van der Waals surface area contributed by atoms with Crippen LogP contribution < -0.4 is 10.6 Å². The Morgan fingerprint density at radius 1 is 1.04 bits per heavy atom. The molecule has 0 saturated carbocycles. The highest BCUT2D eigenvalue weighted by atomic mass is 35.5. The lowest BCUT2D eigenvalue weighted by atomic mass is 10.1. The number of aromatic nitrogens is 1. The molecule has 26 heavy (non-hydrogen) atoms. The zero-order chi connectivity index (χ0) is 18.7. The van der Waals surface area contributed by atoms with Crippen molar-refractivity contribution in [2.24, 2.45) is 0 Å². The van der Waals surface area contributed by atoms with Gasteiger partial charge in [-0.05, 0) is 61.4 Å². The molecule has 3 rings (SSSR count). The number of carbonyl (C=O) groups excluding carboxylic acids is 1. The van der Waals surface area contributed by atoms with Crippen LogP contribution in [0, 0.1) is 19.7 Å². The van der Waals surface area contributed by atoms with E-state index in [2.05, 4.69) is 15.6 Å². The molecule has 0 aliphatic carbocycles. The number of pyridine rings is 1. The Bertz CT molecular complexity index is 935. The van der Waals surface area contributed by atoms with Gasteiger partial charge in [-0.2, -0.15) is 0 Å². The first kappa shape index (κ1) is 17.9. The second kappa shape index (κ2) is 7.54. The molecule has 0 bridgehead atoms. The summed E-state index contributed by atoms with van der Waals surface area (Å²) in [5.74, 6) is -0.694. The normalized spacial score (nSPS) is 10.5. The molecule has 0 atom stereocenters. The number of nitrogens with zero attached hydrogens (tertiary/aromatic N) is 1. The number of rotatable bonds is 4. The van der Waals surface area contributed by atoms with Crippen LogP contribution >= 0.6 is 11.6 Å². The van der Waals surface area contributed by atoms with Crippen molar-refractivity contribution in [3.05, 3.63) is 82.4 Å². The number of carbonyl (C=O) groups is 1. The maximum absolute atomic E-state index is 13.0. The zero-order valence-electron chi connectivity index (χ0n) is 14.3. The summed E-state index contributed by atoms with van der Waals surface area (Å²) in [5, 5.41) is 6.52. The van der Waals surface area contributed by atoms with Crippen LogP contribution in [0.4, 0.5) is 21.5 Å². The second-order valence-corrected chi connectivity index (χ2v) is 6.39. The lowest BCUT2D eigenvalue weighted by Gasteiger charge is -2.13. The average molecular weight is 370 g/mol. The Morgan fingerprint density at radius 3 is 2.46 bits per heavy atom. The summed E-state index contributed by atoms with van der Waals surface area (Å²) in [6, 6.07) is 11.1. The molecule has 132 valence electrons. The van der Waals surface area contributed by atoms with Crippen molar-refractivity contribution in [3.8, 4) is 0 Å². The van der Waals surface area contributed by atoms with Crippen molar-refractivity contribution < 1.29 is 9.18 Å². The van der Waals surface area contributed by atoms with Crippen molar-refractivity contribution in [2.45, 2.75) is 13.8 Å². The zero-order valence-corrected chi connectivity index (χ0v) is 15.1. The van der Waals surface area contributed by atoms with Gasteiger partial charge in [-0.1, -0.05) is 17.7 Å². The van der Waals surface area contributed by atoms with Gasteiger partial charge >= 0.3 is 0 Å². The Labute approximate surface area is 156 Å². The third kappa shape index (κ3) is 4.18. The molecule has 0 unspecified atom stereocenters. The van der Waals surface area contributed by atoms with Crippen LogP contribution in [0.3, 0.4) is 0 Å². The fourth-order valence-electron chi connectivity index (χ4n) is 2.59. The topological polar surface area (TPSA) is 54.0 Å². The second-order valence-electron chi connectivity index (χ2n) is 5.99. The van der Waals surface area contributed by atoms with Crippen molar-refractivity contribution in [1.82, 2.24) is 4.98 Å². The van der Waals surface area contributed by atoms with E-state index < -0.39 is 0 Å². The molecule has 1 aromatic heterocycles. The molecule has 2 N–H and O–H groups in total. The number of anilines is 3. The Morgan fingerprint density at radius 2 is 1.77 bits per heavy atom. The molecular weight excluding hydrogens is 353 g/mol. The molecule has 6 heteroatoms. The van der Waals surface area contributed by atoms with Gasteiger partial charge in [0.2, 0.25) is 0 Å². The van der Waals surface area contributed by atoms with Crippen LogP contribution in [0.5, 0.6) is 0 Å². The molecule has 0 aliphatic rings. The summed E-state index contributed by atoms with van der Waals surface area (Å²) >= 11 is 6.31. The van der Waals surface area contributed by atoms with Gasteiger partial charge in [0.1, 0.15) is 5.82 Å². The number of nitrogens with one attached hydrogen (secondary N) is 2. The number of aryl methyl sites for hydroxylation is 2. The monoisotopic (exact) mass is 369 g/mol. The Balaban J connectivity index is 1.80. The highest BCUT2D eigenvalue weighted by Crippen LogP contribution is 2.30. The minimum absolute atomic E-state index is 0.334. The number of benzene rings is 2. The third-order valence-corrected chi connectivity index (χ3v) is 4.10. The van der Waals surface area contributed by atoms with Crippen molar-refractivity contribution >= 4 is 34.6 Å². The van der Waals surface area contributed by atoms with Gasteiger partial charge in [0.05, 0.1) is 28.2 Å². The van der Waals surface area contributed by atoms with E-state index in [1.54, 1.807) is 12.3 Å². The molecule has 0 aliphatic heterocycles. The van der Waals surface area contributed by atoms with Crippen LogP contribution in [-0.2, 0) is 0 Å². The van der Waals surface area contributed by atoms with Gasteiger partial charge in [-0.3, -0.25) is 9.78 Å². The summed E-state index contributed by atoms with van der Waals surface area (Å²) in [7, 11) is 0. The predicted octanol–water partition coefficient (Wildman–Crippen LogP) is 5.49. The third-order valence-electron chi connectivity index (χ3n) is 3.80. The summed E-state index contributed by atoms with van der Waals surface area (Å²) < 4.78 is 13.0. The molecular formula is C20H17ClFN3O. The van der Waals surface area contributed by atoms with E-state index in [0.717, 1.165) is 16.8 Å². The van der Waals surface area contributed by atoms with Gasteiger partial charge in [0, 0.05) is 11.9 Å². The highest BCUT2D eigenvalue weighted by Gasteiger charge is 2.10. The molecule has 0 fully saturated rings. The summed E-state index contributed by atoms with van der Waals surface area (Å²) in [6.07, 6.45) is 3.08. The predicted molar refractivity (Wildman–Crippen MR) is 103 cm³/mol. The summed E-state index contributed by atoms with van der Waals surface area (Å²) in [6.45, 7) is 3.93. The van der Waals surface area contributed by atoms with E-state index in [1.165, 1.54) is 30.5 Å². The van der Waals surface area contributed by atoms with Gasteiger partial charge in [0.25, 0.3) is 5.91 Å². The molecule has 2 aromatic carbocycles. The number of hydrogen-bond acceptors (Lipinski definition) is 3. The SMILES string of the molecule is Cc1cc(C)c(Nc2cncc(C(=O)Nc3ccc(F)cc3)c2)c(Cl)c1. The van der Waals surface area contributed by atoms with Gasteiger partial charge in [-0.25, -0.2) is 4.39 Å². The van der Waals surface area contributed by atoms with Gasteiger partial charge in [0.15, 0.2) is 0 Å². The molecule has 3 aromatic rings. The molecule has 0 saturated heterocycles. The number of amides is 1. The lowest BCUT2D eigenvalue weighted by Crippen LogP contribution is -2.12. The van der Waals surface area contributed by atoms with Crippen molar-refractivity contribution in [1.29, 1.82) is 0 Å². The van der Waals surface area contributed by atoms with Crippen molar-refractivity contribution in [2.75, 3.05) is 10.6 Å². The summed E-state index contributed by atoms with van der Waals surface area (Å²) in [5.41, 5.74) is 4.37. The van der Waals surface area contributed by atoms with E-state index in [9.17, 15) is 9.18 Å². The fourth-order valence-corrected chi connectivity index (χ4v) is 2.96. The van der Waals surface area contributed by atoms with Gasteiger partial charge in [-0.15, -0.1) is 0 Å². The van der Waals surface area contributed by atoms with E-state index in [1.807, 2.05) is 26.0 Å². The van der Waals surface area contributed by atoms with E-state index in [-0.39, 0.29) is 11.7 Å². The van der Waals surface area contributed by atoms with Crippen LogP contribution in [0.2, 0.25) is 5.02 Å². The van der Waals surface area contributed by atoms with Crippen LogP contribution in [0.1, 0.15) is 21.5 Å². The lowest BCUT2D eigenvalue weighted by molar-refractivity contribution is 0.102. The number of halogens is 2. The maximum atomic E-state index is 13.0. The van der Waals surface area contributed by atoms with E-state index in [0.29, 0.717) is 22.0 Å². The fraction of sp³-hybridized carbons (Fsp3) is 0.100. The first-order chi connectivity index (χ1) is 12.4. The molecule has 1 heterocycles. The average Bonchev–Trinajstić information content (AvgIpc) is 2.60. The quantitative estimate of drug-likeness (QED) is 0.639. The Kier molecular flexibility index (Phi) is 5.19. The minimum atomic E-state index is -0.360.